The van der Waals surface area contributed by atoms with Crippen LogP contribution in [0, 0.1) is 0 Å². The number of carboxylic acids is 1. The predicted molar refractivity (Wildman–Crippen MR) is 76.2 cm³/mol. The Kier molecular flexibility index (Phi) is 4.32. The summed E-state index contributed by atoms with van der Waals surface area (Å²) in [5.41, 5.74) is 2.11. The number of ketones is 1. The second-order valence-corrected chi connectivity index (χ2v) is 5.09. The normalized spacial score (nSPS) is 11.3. The van der Waals surface area contributed by atoms with Gasteiger partial charge in [-0.1, -0.05) is 30.3 Å². The maximum Gasteiger partial charge on any atom is 0.371 e. The Hall–Kier alpha value is -2.40. The minimum Gasteiger partial charge on any atom is -0.502 e. The van der Waals surface area contributed by atoms with Crippen LogP contribution in [0.3, 0.4) is 0 Å². The van der Waals surface area contributed by atoms with Crippen molar-refractivity contribution in [3.8, 4) is 0 Å². The summed E-state index contributed by atoms with van der Waals surface area (Å²) in [5, 5.41) is 19.4. The third-order valence-electron chi connectivity index (χ3n) is 2.63. The lowest BCUT2D eigenvalue weighted by Gasteiger charge is -1.97. The number of carbonyl (C=O) groups excluding carboxylic acids is 1. The maximum absolute atomic E-state index is 11.7. The first-order chi connectivity index (χ1) is 9.56. The number of carbonyl (C=O) groups is 2. The van der Waals surface area contributed by atoms with E-state index in [1.165, 1.54) is 11.3 Å². The van der Waals surface area contributed by atoms with E-state index in [2.05, 4.69) is 0 Å². The highest BCUT2D eigenvalue weighted by Gasteiger charge is 2.11. The molecule has 102 valence electrons. The number of hydrogen-bond acceptors (Lipinski definition) is 4. The van der Waals surface area contributed by atoms with Gasteiger partial charge < -0.3 is 10.2 Å². The first kappa shape index (κ1) is 14.0. The van der Waals surface area contributed by atoms with Crippen LogP contribution in [-0.4, -0.2) is 22.0 Å². The average Bonchev–Trinajstić information content (AvgIpc) is 2.88. The molecule has 20 heavy (non-hydrogen) atoms. The lowest BCUT2D eigenvalue weighted by Crippen LogP contribution is -2.02. The molecule has 0 saturated carbocycles. The lowest BCUT2D eigenvalue weighted by atomic mass is 10.1. The molecule has 0 atom stereocenters. The number of aliphatic hydroxyl groups is 1. The monoisotopic (exact) mass is 288 g/mol. The minimum atomic E-state index is -1.51. The van der Waals surface area contributed by atoms with Gasteiger partial charge in [0, 0.05) is 6.08 Å². The van der Waals surface area contributed by atoms with E-state index in [9.17, 15) is 9.59 Å². The van der Waals surface area contributed by atoms with Gasteiger partial charge in [0.15, 0.2) is 5.78 Å². The quantitative estimate of drug-likeness (QED) is 0.504. The molecule has 1 aromatic carbocycles. The van der Waals surface area contributed by atoms with Gasteiger partial charge in [-0.2, -0.15) is 0 Å². The van der Waals surface area contributed by atoms with E-state index in [1.807, 2.05) is 35.7 Å². The number of allylic oxidation sites excluding steroid dienone is 1. The summed E-state index contributed by atoms with van der Waals surface area (Å²) < 4.78 is 0. The Morgan fingerprint density at radius 1 is 1.10 bits per heavy atom. The Balaban J connectivity index is 2.11. The number of hydrogen-bond donors (Lipinski definition) is 2. The number of benzene rings is 1. The second kappa shape index (κ2) is 6.16. The molecule has 0 aliphatic rings. The van der Waals surface area contributed by atoms with Crippen molar-refractivity contribution in [1.29, 1.82) is 0 Å². The van der Waals surface area contributed by atoms with Gasteiger partial charge in [-0.05, 0) is 29.0 Å². The van der Waals surface area contributed by atoms with Crippen molar-refractivity contribution in [1.82, 2.24) is 0 Å². The first-order valence-corrected chi connectivity index (χ1v) is 6.74. The number of rotatable bonds is 5. The van der Waals surface area contributed by atoms with Crippen molar-refractivity contribution >= 4 is 23.1 Å². The highest BCUT2D eigenvalue weighted by Crippen LogP contribution is 2.19. The van der Waals surface area contributed by atoms with Gasteiger partial charge in [-0.25, -0.2) is 4.79 Å². The molecule has 0 fully saturated rings. The van der Waals surface area contributed by atoms with Crippen LogP contribution in [0.1, 0.15) is 20.8 Å². The second-order valence-electron chi connectivity index (χ2n) is 4.18. The minimum absolute atomic E-state index is 0.406. The summed E-state index contributed by atoms with van der Waals surface area (Å²) in [5.74, 6) is -2.97. The van der Waals surface area contributed by atoms with Crippen molar-refractivity contribution in [3.05, 3.63) is 69.6 Å². The number of carboxylic acid groups (broad SMARTS) is 1. The fraction of sp³-hybridized carbons (Fsp3) is 0.0667. The number of aliphatic carboxylic acids is 1. The molecule has 2 aromatic rings. The molecule has 0 spiro atoms. The van der Waals surface area contributed by atoms with E-state index >= 15 is 0 Å². The largest absolute Gasteiger partial charge is 0.502 e. The third kappa shape index (κ3) is 3.55. The van der Waals surface area contributed by atoms with E-state index in [4.69, 9.17) is 10.2 Å². The van der Waals surface area contributed by atoms with Gasteiger partial charge in [0.2, 0.25) is 5.76 Å². The van der Waals surface area contributed by atoms with Crippen molar-refractivity contribution in [3.63, 3.8) is 0 Å². The molecule has 0 saturated heterocycles. The lowest BCUT2D eigenvalue weighted by molar-refractivity contribution is -0.135. The van der Waals surface area contributed by atoms with Gasteiger partial charge in [-0.15, -0.1) is 11.3 Å². The summed E-state index contributed by atoms with van der Waals surface area (Å²) in [6.45, 7) is 0. The highest BCUT2D eigenvalue weighted by atomic mass is 32.1. The van der Waals surface area contributed by atoms with Crippen LogP contribution in [-0.2, 0) is 11.2 Å². The van der Waals surface area contributed by atoms with E-state index in [-0.39, 0.29) is 0 Å². The van der Waals surface area contributed by atoms with Crippen LogP contribution in [0.2, 0.25) is 0 Å². The Labute approximate surface area is 119 Å². The molecule has 0 unspecified atom stereocenters. The fourth-order valence-corrected chi connectivity index (χ4v) is 2.51. The van der Waals surface area contributed by atoms with Crippen LogP contribution >= 0.6 is 11.3 Å². The molecule has 0 aliphatic heterocycles. The Bertz CT molecular complexity index is 656. The summed E-state index contributed by atoms with van der Waals surface area (Å²) in [6, 6.07) is 11.5. The molecule has 4 nitrogen and oxygen atoms in total. The zero-order chi connectivity index (χ0) is 14.5. The van der Waals surface area contributed by atoms with Gasteiger partial charge >= 0.3 is 5.97 Å². The van der Waals surface area contributed by atoms with Crippen molar-refractivity contribution in [2.75, 3.05) is 0 Å². The molecule has 0 amide bonds. The molecule has 0 aliphatic carbocycles. The average molecular weight is 288 g/mol. The molecule has 2 N–H and O–H groups in total. The predicted octanol–water partition coefficient (Wildman–Crippen LogP) is 3.05. The fourth-order valence-electron chi connectivity index (χ4n) is 1.69. The SMILES string of the molecule is O=C(O)/C(O)=C/C(=O)c1cc(Cc2ccccc2)cs1. The molecule has 0 radical (unpaired) electrons. The molecule has 0 bridgehead atoms. The zero-order valence-corrected chi connectivity index (χ0v) is 11.3. The Morgan fingerprint density at radius 3 is 2.45 bits per heavy atom. The van der Waals surface area contributed by atoms with Crippen molar-refractivity contribution in [2.45, 2.75) is 6.42 Å². The Morgan fingerprint density at radius 2 is 1.80 bits per heavy atom. The third-order valence-corrected chi connectivity index (χ3v) is 3.63. The summed E-state index contributed by atoms with van der Waals surface area (Å²) in [7, 11) is 0. The van der Waals surface area contributed by atoms with Gasteiger partial charge in [0.05, 0.1) is 4.88 Å². The zero-order valence-electron chi connectivity index (χ0n) is 10.4. The van der Waals surface area contributed by atoms with Gasteiger partial charge in [0.1, 0.15) is 0 Å². The van der Waals surface area contributed by atoms with Crippen LogP contribution < -0.4 is 0 Å². The van der Waals surface area contributed by atoms with Crippen molar-refractivity contribution < 1.29 is 19.8 Å². The topological polar surface area (TPSA) is 74.6 Å². The highest BCUT2D eigenvalue weighted by molar-refractivity contribution is 7.12. The maximum atomic E-state index is 11.7. The molecular formula is C15H12O4S. The van der Waals surface area contributed by atoms with Gasteiger partial charge in [0.25, 0.3) is 0 Å². The molecule has 1 aromatic heterocycles. The molecule has 1 heterocycles. The summed E-state index contributed by atoms with van der Waals surface area (Å²) >= 11 is 1.23. The van der Waals surface area contributed by atoms with E-state index in [1.54, 1.807) is 6.07 Å². The number of thiophene rings is 1. The van der Waals surface area contributed by atoms with Crippen LogP contribution in [0.4, 0.5) is 0 Å². The molecular weight excluding hydrogens is 276 g/mol. The molecule has 2 rings (SSSR count). The van der Waals surface area contributed by atoms with Gasteiger partial charge in [-0.3, -0.25) is 4.79 Å². The summed E-state index contributed by atoms with van der Waals surface area (Å²) in [4.78, 5) is 22.6. The van der Waals surface area contributed by atoms with Crippen LogP contribution in [0.15, 0.2) is 53.6 Å². The standard InChI is InChI=1S/C15H12O4S/c16-12(8-13(17)15(18)19)14-7-11(9-20-14)6-10-4-2-1-3-5-10/h1-5,7-9,17H,6H2,(H,18,19)/b13-8-. The van der Waals surface area contributed by atoms with Crippen LogP contribution in [0.5, 0.6) is 0 Å². The smallest absolute Gasteiger partial charge is 0.371 e. The summed E-state index contributed by atoms with van der Waals surface area (Å²) in [6.07, 6.45) is 1.43. The first-order valence-electron chi connectivity index (χ1n) is 5.86. The van der Waals surface area contributed by atoms with E-state index in [0.29, 0.717) is 11.3 Å². The van der Waals surface area contributed by atoms with E-state index in [0.717, 1.165) is 17.2 Å². The van der Waals surface area contributed by atoms with Crippen molar-refractivity contribution in [2.24, 2.45) is 0 Å². The van der Waals surface area contributed by atoms with E-state index < -0.39 is 17.5 Å². The molecule has 5 heteroatoms. The van der Waals surface area contributed by atoms with Crippen LogP contribution in [0.25, 0.3) is 0 Å². The number of aliphatic hydroxyl groups excluding tert-OH is 1.